The molecular weight excluding hydrogens is 426 g/mol. The summed E-state index contributed by atoms with van der Waals surface area (Å²) in [4.78, 5) is 16.4. The van der Waals surface area contributed by atoms with E-state index in [4.69, 9.17) is 0 Å². The fourth-order valence-corrected chi connectivity index (χ4v) is 5.95. The predicted octanol–water partition coefficient (Wildman–Crippen LogP) is 3.81. The van der Waals surface area contributed by atoms with Crippen LogP contribution in [0.4, 0.5) is 11.4 Å². The Morgan fingerprint density at radius 2 is 1.88 bits per heavy atom. The van der Waals surface area contributed by atoms with E-state index in [1.807, 2.05) is 13.0 Å². The van der Waals surface area contributed by atoms with Gasteiger partial charge in [0.15, 0.2) is 0 Å². The van der Waals surface area contributed by atoms with Crippen molar-refractivity contribution in [2.75, 3.05) is 42.3 Å². The van der Waals surface area contributed by atoms with Crippen molar-refractivity contribution in [3.8, 4) is 0 Å². The Hall–Kier alpha value is -2.58. The van der Waals surface area contributed by atoms with Crippen LogP contribution in [-0.4, -0.2) is 57.1 Å². The number of hydrogen-bond donors (Lipinski definition) is 2. The predicted molar refractivity (Wildman–Crippen MR) is 126 cm³/mol. The summed E-state index contributed by atoms with van der Waals surface area (Å²) >= 11 is 0. The summed E-state index contributed by atoms with van der Waals surface area (Å²) < 4.78 is 28.8. The number of nitrogens with one attached hydrogen (secondary N) is 1. The van der Waals surface area contributed by atoms with Gasteiger partial charge in [-0.1, -0.05) is 12.1 Å². The molecule has 2 saturated heterocycles. The largest absolute Gasteiger partial charge is 0.478 e. The molecule has 2 N–H and O–H groups in total. The molecule has 2 fully saturated rings. The van der Waals surface area contributed by atoms with Crippen LogP contribution in [-0.2, 0) is 10.0 Å². The van der Waals surface area contributed by atoms with E-state index in [1.54, 1.807) is 30.3 Å². The minimum atomic E-state index is -3.85. The van der Waals surface area contributed by atoms with Crippen LogP contribution in [0.2, 0.25) is 0 Å². The maximum atomic E-state index is 13.1. The number of aromatic carboxylic acids is 1. The molecule has 2 aromatic rings. The third-order valence-electron chi connectivity index (χ3n) is 6.36. The topological polar surface area (TPSA) is 89.9 Å². The molecule has 8 heteroatoms. The zero-order valence-electron chi connectivity index (χ0n) is 18.5. The molecule has 2 aliphatic heterocycles. The Balaban J connectivity index is 1.61. The van der Waals surface area contributed by atoms with E-state index in [2.05, 4.69) is 14.5 Å². The number of benzene rings is 2. The van der Waals surface area contributed by atoms with Crippen LogP contribution < -0.4 is 9.62 Å². The SMILES string of the molecule is Cc1cccc(S(=O)(=O)Nc2cc(C(=O)O)ccc2N2CCC[C@H](CN3CCCC3)C2)c1. The number of carbonyl (C=O) groups is 1. The smallest absolute Gasteiger partial charge is 0.335 e. The van der Waals surface area contributed by atoms with Crippen molar-refractivity contribution < 1.29 is 18.3 Å². The molecule has 172 valence electrons. The maximum absolute atomic E-state index is 13.1. The van der Waals surface area contributed by atoms with Gasteiger partial charge in [-0.3, -0.25) is 4.72 Å². The number of carboxylic acids is 1. The van der Waals surface area contributed by atoms with Crippen LogP contribution in [0.3, 0.4) is 0 Å². The number of sulfonamides is 1. The van der Waals surface area contributed by atoms with Gasteiger partial charge in [0.2, 0.25) is 0 Å². The first-order valence-electron chi connectivity index (χ1n) is 11.3. The van der Waals surface area contributed by atoms with E-state index in [0.717, 1.165) is 56.8 Å². The van der Waals surface area contributed by atoms with E-state index in [1.165, 1.54) is 18.9 Å². The first-order valence-corrected chi connectivity index (χ1v) is 12.7. The summed E-state index contributed by atoms with van der Waals surface area (Å²) in [5.74, 6) is -0.569. The van der Waals surface area contributed by atoms with Crippen LogP contribution in [0, 0.1) is 12.8 Å². The van der Waals surface area contributed by atoms with Crippen molar-refractivity contribution in [3.05, 3.63) is 53.6 Å². The summed E-state index contributed by atoms with van der Waals surface area (Å²) in [7, 11) is -3.85. The van der Waals surface area contributed by atoms with Crippen molar-refractivity contribution in [2.24, 2.45) is 5.92 Å². The van der Waals surface area contributed by atoms with E-state index >= 15 is 0 Å². The number of rotatable bonds is 7. The monoisotopic (exact) mass is 457 g/mol. The molecular formula is C24H31N3O4S. The number of carboxylic acid groups (broad SMARTS) is 1. The third-order valence-corrected chi connectivity index (χ3v) is 7.73. The highest BCUT2D eigenvalue weighted by Crippen LogP contribution is 2.33. The van der Waals surface area contributed by atoms with Gasteiger partial charge in [-0.25, -0.2) is 13.2 Å². The van der Waals surface area contributed by atoms with E-state index in [-0.39, 0.29) is 10.5 Å². The zero-order chi connectivity index (χ0) is 22.7. The fourth-order valence-electron chi connectivity index (χ4n) is 4.78. The molecule has 0 saturated carbocycles. The quantitative estimate of drug-likeness (QED) is 0.657. The van der Waals surface area contributed by atoms with Crippen LogP contribution in [0.5, 0.6) is 0 Å². The fraction of sp³-hybridized carbons (Fsp3) is 0.458. The number of aryl methyl sites for hydroxylation is 1. The summed E-state index contributed by atoms with van der Waals surface area (Å²) in [5.41, 5.74) is 1.94. The first-order chi connectivity index (χ1) is 15.3. The van der Waals surface area contributed by atoms with Crippen LogP contribution in [0.15, 0.2) is 47.4 Å². The molecule has 0 amide bonds. The van der Waals surface area contributed by atoms with Crippen molar-refractivity contribution in [1.29, 1.82) is 0 Å². The van der Waals surface area contributed by atoms with E-state index in [0.29, 0.717) is 11.6 Å². The van der Waals surface area contributed by atoms with E-state index < -0.39 is 16.0 Å². The highest BCUT2D eigenvalue weighted by Gasteiger charge is 2.26. The second-order valence-corrected chi connectivity index (χ2v) is 10.6. The molecule has 2 aromatic carbocycles. The average molecular weight is 458 g/mol. The summed E-state index contributed by atoms with van der Waals surface area (Å²) in [6.07, 6.45) is 4.71. The van der Waals surface area contributed by atoms with Crippen LogP contribution >= 0.6 is 0 Å². The van der Waals surface area contributed by atoms with Gasteiger partial charge in [0.25, 0.3) is 10.0 Å². The Kier molecular flexibility index (Phi) is 6.71. The molecule has 7 nitrogen and oxygen atoms in total. The molecule has 1 atom stereocenters. The molecule has 2 aliphatic rings. The van der Waals surface area contributed by atoms with Crippen molar-refractivity contribution in [2.45, 2.75) is 37.5 Å². The lowest BCUT2D eigenvalue weighted by Crippen LogP contribution is -2.40. The lowest BCUT2D eigenvalue weighted by atomic mass is 9.96. The summed E-state index contributed by atoms with van der Waals surface area (Å²) in [5, 5.41) is 9.47. The second-order valence-electron chi connectivity index (χ2n) is 8.92. The molecule has 0 bridgehead atoms. The number of piperidine rings is 1. The van der Waals surface area contributed by atoms with Crippen LogP contribution in [0.1, 0.15) is 41.6 Å². The molecule has 2 heterocycles. The second kappa shape index (κ2) is 9.50. The van der Waals surface area contributed by atoms with Gasteiger partial charge in [0.05, 0.1) is 21.8 Å². The minimum absolute atomic E-state index is 0.0568. The third kappa shape index (κ3) is 5.24. The maximum Gasteiger partial charge on any atom is 0.335 e. The van der Waals surface area contributed by atoms with Gasteiger partial charge in [-0.2, -0.15) is 0 Å². The molecule has 0 radical (unpaired) electrons. The molecule has 0 spiro atoms. The van der Waals surface area contributed by atoms with Gasteiger partial charge in [0.1, 0.15) is 0 Å². The minimum Gasteiger partial charge on any atom is -0.478 e. The Morgan fingerprint density at radius 3 is 2.59 bits per heavy atom. The van der Waals surface area contributed by atoms with Gasteiger partial charge in [-0.15, -0.1) is 0 Å². The lowest BCUT2D eigenvalue weighted by Gasteiger charge is -2.37. The summed E-state index contributed by atoms with van der Waals surface area (Å²) in [6, 6.07) is 11.4. The van der Waals surface area contributed by atoms with Crippen molar-refractivity contribution in [1.82, 2.24) is 4.90 Å². The Bertz CT molecular complexity index is 1080. The van der Waals surface area contributed by atoms with Gasteiger partial charge >= 0.3 is 5.97 Å². The molecule has 0 aliphatic carbocycles. The first kappa shape index (κ1) is 22.6. The number of anilines is 2. The molecule has 4 rings (SSSR count). The van der Waals surface area contributed by atoms with E-state index in [9.17, 15) is 18.3 Å². The zero-order valence-corrected chi connectivity index (χ0v) is 19.3. The molecule has 32 heavy (non-hydrogen) atoms. The standard InChI is InChI=1S/C24H31N3O4S/c1-18-6-4-8-21(14-18)32(30,31)25-22-15-20(24(28)29)9-10-23(22)27-13-5-7-19(17-27)16-26-11-2-3-12-26/h4,6,8-10,14-15,19,25H,2-3,5,7,11-13,16-17H2,1H3,(H,28,29)/t19-/m1/s1. The van der Waals surface area contributed by atoms with Crippen molar-refractivity contribution >= 4 is 27.4 Å². The number of likely N-dealkylation sites (tertiary alicyclic amines) is 1. The number of hydrogen-bond acceptors (Lipinski definition) is 5. The van der Waals surface area contributed by atoms with Gasteiger partial charge < -0.3 is 14.9 Å². The highest BCUT2D eigenvalue weighted by atomic mass is 32.2. The van der Waals surface area contributed by atoms with Gasteiger partial charge in [-0.05, 0) is 87.5 Å². The lowest BCUT2D eigenvalue weighted by molar-refractivity contribution is 0.0697. The Labute approximate surface area is 190 Å². The average Bonchev–Trinajstić information content (AvgIpc) is 3.26. The summed E-state index contributed by atoms with van der Waals surface area (Å²) in [6.45, 7) is 6.87. The van der Waals surface area contributed by atoms with Crippen molar-refractivity contribution in [3.63, 3.8) is 0 Å². The Morgan fingerprint density at radius 1 is 1.09 bits per heavy atom. The van der Waals surface area contributed by atoms with Gasteiger partial charge in [0, 0.05) is 19.6 Å². The number of nitrogens with zero attached hydrogens (tertiary/aromatic N) is 2. The molecule has 0 unspecified atom stereocenters. The normalized spacial score (nSPS) is 19.8. The highest BCUT2D eigenvalue weighted by molar-refractivity contribution is 7.92. The van der Waals surface area contributed by atoms with Crippen LogP contribution in [0.25, 0.3) is 0 Å². The molecule has 0 aromatic heterocycles.